The highest BCUT2D eigenvalue weighted by atomic mass is 35.5. The summed E-state index contributed by atoms with van der Waals surface area (Å²) in [6.07, 6.45) is 7.62. The number of amides is 3. The molecule has 486 valence electrons. The Morgan fingerprint density at radius 2 is 1.01 bits per heavy atom. The minimum atomic E-state index is -5.08. The Bertz CT molecular complexity index is 3970. The van der Waals surface area contributed by atoms with E-state index in [4.69, 9.17) is 31.5 Å². The lowest BCUT2D eigenvalue weighted by Crippen LogP contribution is -2.51. The molecule has 4 saturated heterocycles. The van der Waals surface area contributed by atoms with Gasteiger partial charge in [-0.25, -0.2) is 30.2 Å². The molecule has 18 nitrogen and oxygen atoms in total. The fourth-order valence-electron chi connectivity index (χ4n) is 12.2. The van der Waals surface area contributed by atoms with E-state index in [9.17, 15) is 49.2 Å². The van der Waals surface area contributed by atoms with Gasteiger partial charge in [0.2, 0.25) is 31.2 Å². The maximum atomic E-state index is 13.3. The number of amidine groups is 2. The molecular formula is C68H74ClF3N8O10S2. The summed E-state index contributed by atoms with van der Waals surface area (Å²) in [5.41, 5.74) is 2.28. The SMILES string of the molecule is O=C(/C=C/c1ccccc1)N1CCCC(C2=NC3(CCN(S(=O)(=O)CCc4cccc5ccccc45)CC3)C(=O)N2)C1.O=C(Cl)/C=C/c1ccccc1.O=C(O)C(F)(F)F.O=C1NC(C2CCCNC2)=NC12CCN(S(=O)(=O)CCc1cccc3ccccc13)CC2. The Morgan fingerprint density at radius 1 is 0.587 bits per heavy atom. The number of hydrogen-bond donors (Lipinski definition) is 4. The number of alkyl halides is 3. The number of benzene rings is 6. The number of piperidine rings is 4. The number of carboxylic acids is 1. The number of likely N-dealkylation sites (tertiary alicyclic amines) is 1. The summed E-state index contributed by atoms with van der Waals surface area (Å²) in [7, 11) is -6.89. The molecule has 0 radical (unpaired) electrons. The Balaban J connectivity index is 0.000000175. The van der Waals surface area contributed by atoms with Crippen molar-refractivity contribution >= 4 is 106 Å². The number of halogens is 4. The lowest BCUT2D eigenvalue weighted by Gasteiger charge is -2.35. The minimum absolute atomic E-state index is 0.0272. The first-order valence-corrected chi connectivity index (χ1v) is 34.3. The van der Waals surface area contributed by atoms with Crippen LogP contribution in [-0.2, 0) is 56.9 Å². The Morgan fingerprint density at radius 3 is 1.46 bits per heavy atom. The molecule has 6 aromatic rings. The minimum Gasteiger partial charge on any atom is -0.475 e. The van der Waals surface area contributed by atoms with E-state index >= 15 is 0 Å². The third-order valence-corrected chi connectivity index (χ3v) is 21.2. The van der Waals surface area contributed by atoms with Crippen LogP contribution < -0.4 is 16.0 Å². The molecule has 4 N–H and O–H groups in total. The van der Waals surface area contributed by atoms with Crippen LogP contribution in [0.2, 0.25) is 0 Å². The van der Waals surface area contributed by atoms with E-state index in [0.29, 0.717) is 70.5 Å². The average Bonchev–Trinajstić information content (AvgIpc) is 1.61. The maximum Gasteiger partial charge on any atom is 0.490 e. The molecule has 3 amide bonds. The normalized spacial score (nSPS) is 20.1. The molecule has 6 aliphatic rings. The van der Waals surface area contributed by atoms with E-state index < -0.39 is 48.5 Å². The second kappa shape index (κ2) is 30.7. The predicted molar refractivity (Wildman–Crippen MR) is 352 cm³/mol. The summed E-state index contributed by atoms with van der Waals surface area (Å²) in [6, 6.07) is 47.3. The molecule has 0 bridgehead atoms. The fraction of sp³-hybridized carbons (Fsp3) is 0.368. The summed E-state index contributed by atoms with van der Waals surface area (Å²) in [5.74, 6) is -1.30. The smallest absolute Gasteiger partial charge is 0.475 e. The zero-order chi connectivity index (χ0) is 65.5. The number of allylic oxidation sites excluding steroid dienone is 1. The van der Waals surface area contributed by atoms with Gasteiger partial charge in [-0.1, -0.05) is 152 Å². The second-order valence-corrected chi connectivity index (χ2v) is 28.0. The Kier molecular flexibility index (Phi) is 22.8. The number of carbonyl (C=O) groups excluding carboxylic acids is 4. The molecule has 6 heterocycles. The van der Waals surface area contributed by atoms with Crippen LogP contribution in [0.3, 0.4) is 0 Å². The van der Waals surface area contributed by atoms with Gasteiger partial charge in [0.1, 0.15) is 22.7 Å². The number of aryl methyl sites for hydroxylation is 2. The van der Waals surface area contributed by atoms with Crippen LogP contribution in [0.5, 0.6) is 0 Å². The molecule has 92 heavy (non-hydrogen) atoms. The van der Waals surface area contributed by atoms with Crippen LogP contribution in [0.1, 0.15) is 73.6 Å². The molecule has 24 heteroatoms. The van der Waals surface area contributed by atoms with E-state index in [1.165, 1.54) is 10.4 Å². The molecule has 2 spiro atoms. The van der Waals surface area contributed by atoms with Gasteiger partial charge in [-0.3, -0.25) is 29.2 Å². The van der Waals surface area contributed by atoms with Gasteiger partial charge in [0.25, 0.3) is 11.8 Å². The van der Waals surface area contributed by atoms with Crippen LogP contribution in [0.25, 0.3) is 33.7 Å². The van der Waals surface area contributed by atoms with Crippen LogP contribution in [0, 0.1) is 11.8 Å². The standard InChI is InChI=1S/C33H36N4O4S.C24H30N4O3S.C9H7ClO.C2HF3O2/c38-30(16-15-25-8-2-1-3-9-25)36-20-7-13-28(24-36)31-34-32(39)33(35-31)18-21-37(22-19-33)42(40,41)23-17-27-12-6-11-26-10-4-5-14-29(26)27;29-23-24(27-22(26-23)20-8-4-13-25-17-20)11-14-28(15-12-24)32(30,31)16-10-19-7-3-6-18-5-1-2-9-21(18)19;10-9(11)7-6-8-4-2-1-3-5-8;3-2(4,5)1(6)7/h1-6,8-12,14-16,28H,7,13,17-24H2,(H,34,35,39);1-3,5-7,9,20,25H,4,8,10-17H2,(H,26,27,29);1-7H;(H,6,7)/b16-15+;;7-6+;. The predicted octanol–water partition coefficient (Wildman–Crippen LogP) is 9.20. The summed E-state index contributed by atoms with van der Waals surface area (Å²) < 4.78 is 87.5. The van der Waals surface area contributed by atoms with Gasteiger partial charge >= 0.3 is 12.1 Å². The van der Waals surface area contributed by atoms with E-state index in [1.54, 1.807) is 16.5 Å². The van der Waals surface area contributed by atoms with Gasteiger partial charge in [0.05, 0.1) is 11.5 Å². The van der Waals surface area contributed by atoms with Crippen molar-refractivity contribution in [3.63, 3.8) is 0 Å². The Labute approximate surface area is 538 Å². The number of aliphatic imine (C=N–C) groups is 2. The van der Waals surface area contributed by atoms with Gasteiger partial charge in [-0.05, 0) is 138 Å². The van der Waals surface area contributed by atoms with Crippen LogP contribution in [-0.4, -0.2) is 157 Å². The van der Waals surface area contributed by atoms with E-state index in [0.717, 1.165) is 88.4 Å². The van der Waals surface area contributed by atoms with Gasteiger partial charge < -0.3 is 26.0 Å². The number of rotatable bonds is 14. The summed E-state index contributed by atoms with van der Waals surface area (Å²) in [4.78, 5) is 69.6. The summed E-state index contributed by atoms with van der Waals surface area (Å²) in [6.45, 7) is 4.23. The first kappa shape index (κ1) is 68.4. The number of carbonyl (C=O) groups is 5. The number of nitrogens with zero attached hydrogens (tertiary/aromatic N) is 5. The van der Waals surface area contributed by atoms with Crippen molar-refractivity contribution in [3.05, 3.63) is 180 Å². The third-order valence-electron chi connectivity index (χ3n) is 17.4. The van der Waals surface area contributed by atoms with Crippen molar-refractivity contribution < 1.29 is 59.1 Å². The first-order valence-electron chi connectivity index (χ1n) is 30.7. The highest BCUT2D eigenvalue weighted by Gasteiger charge is 2.50. The van der Waals surface area contributed by atoms with Crippen molar-refractivity contribution in [2.75, 3.05) is 63.9 Å². The van der Waals surface area contributed by atoms with Gasteiger partial charge in [-0.2, -0.15) is 13.2 Å². The van der Waals surface area contributed by atoms with E-state index in [2.05, 4.69) is 16.0 Å². The number of nitrogens with one attached hydrogen (secondary N) is 3. The number of sulfonamides is 2. The van der Waals surface area contributed by atoms with Gasteiger partial charge in [-0.15, -0.1) is 0 Å². The zero-order valence-corrected chi connectivity index (χ0v) is 53.0. The van der Waals surface area contributed by atoms with Gasteiger partial charge in [0.15, 0.2) is 0 Å². The van der Waals surface area contributed by atoms with Crippen LogP contribution >= 0.6 is 11.6 Å². The molecule has 6 aliphatic heterocycles. The first-order chi connectivity index (χ1) is 44.0. The average molecular weight is 1320 g/mol. The van der Waals surface area contributed by atoms with Crippen LogP contribution in [0.15, 0.2) is 168 Å². The molecule has 0 saturated carbocycles. The second-order valence-electron chi connectivity index (χ2n) is 23.4. The van der Waals surface area contributed by atoms with Crippen molar-refractivity contribution in [1.82, 2.24) is 29.5 Å². The highest BCUT2D eigenvalue weighted by molar-refractivity contribution is 7.89. The Hall–Kier alpha value is -7.93. The number of aliphatic carboxylic acids is 1. The number of fused-ring (bicyclic) bond motifs is 2. The summed E-state index contributed by atoms with van der Waals surface area (Å²) in [5, 5.41) is 20.4. The maximum absolute atomic E-state index is 13.3. The van der Waals surface area contributed by atoms with Gasteiger partial charge in [0, 0.05) is 63.7 Å². The van der Waals surface area contributed by atoms with Crippen molar-refractivity contribution in [1.29, 1.82) is 0 Å². The summed E-state index contributed by atoms with van der Waals surface area (Å²) >= 11 is 5.10. The fourth-order valence-corrected chi connectivity index (χ4v) is 15.2. The molecule has 0 aliphatic carbocycles. The molecule has 6 aromatic carbocycles. The van der Waals surface area contributed by atoms with Crippen molar-refractivity contribution in [3.8, 4) is 0 Å². The number of hydrogen-bond acceptors (Lipinski definition) is 12. The largest absolute Gasteiger partial charge is 0.490 e. The molecule has 2 unspecified atom stereocenters. The van der Waals surface area contributed by atoms with E-state index in [1.807, 2.05) is 157 Å². The lowest BCUT2D eigenvalue weighted by atomic mass is 9.89. The molecular weight excluding hydrogens is 1250 g/mol. The molecule has 0 aromatic heterocycles. The van der Waals surface area contributed by atoms with Crippen molar-refractivity contribution in [2.45, 2.75) is 81.5 Å². The lowest BCUT2D eigenvalue weighted by molar-refractivity contribution is -0.192. The molecule has 12 rings (SSSR count). The topological polar surface area (TPSA) is 244 Å². The molecule has 2 atom stereocenters. The van der Waals surface area contributed by atoms with Crippen molar-refractivity contribution in [2.24, 2.45) is 21.8 Å². The number of carboxylic acid groups (broad SMARTS) is 1. The van der Waals surface area contributed by atoms with Crippen LogP contribution in [0.4, 0.5) is 13.2 Å². The van der Waals surface area contributed by atoms with E-state index in [-0.39, 0.29) is 54.2 Å². The monoisotopic (exact) mass is 1320 g/mol. The molecule has 4 fully saturated rings. The highest BCUT2D eigenvalue weighted by Crippen LogP contribution is 2.36. The quantitative estimate of drug-likeness (QED) is 0.0592. The third kappa shape index (κ3) is 17.8. The zero-order valence-electron chi connectivity index (χ0n) is 50.6.